The van der Waals surface area contributed by atoms with Crippen LogP contribution in [-0.4, -0.2) is 23.3 Å². The van der Waals surface area contributed by atoms with E-state index in [1.165, 1.54) is 19.3 Å². The topological polar surface area (TPSA) is 12.0 Å². The molecule has 1 rings (SSSR count). The highest BCUT2D eigenvalue weighted by atomic mass is 79.9. The first-order chi connectivity index (χ1) is 5.75. The molecule has 1 N–H and O–H groups in total. The third-order valence-electron chi connectivity index (χ3n) is 2.47. The van der Waals surface area contributed by atoms with Crippen LogP contribution in [0, 0.1) is 0 Å². The second-order valence-electron chi connectivity index (χ2n) is 3.43. The molecule has 80 valence electrons. The highest BCUT2D eigenvalue weighted by molar-refractivity contribution is 8.93. The van der Waals surface area contributed by atoms with Crippen molar-refractivity contribution in [1.29, 1.82) is 0 Å². The number of rotatable bonds is 3. The van der Waals surface area contributed by atoms with E-state index in [0.29, 0.717) is 6.04 Å². The summed E-state index contributed by atoms with van der Waals surface area (Å²) in [6.07, 6.45) is 4.69. The molecule has 1 saturated heterocycles. The number of hydrogen-bond acceptors (Lipinski definition) is 1. The number of hydrogen-bond donors (Lipinski definition) is 1. The van der Waals surface area contributed by atoms with Gasteiger partial charge in [-0.3, -0.25) is 0 Å². The van der Waals surface area contributed by atoms with Crippen LogP contribution in [0.3, 0.4) is 0 Å². The molecule has 0 amide bonds. The first-order valence-electron chi connectivity index (χ1n) is 4.77. The molecule has 1 nitrogen and oxygen atoms in total. The van der Waals surface area contributed by atoms with Gasteiger partial charge in [0.25, 0.3) is 0 Å². The molecule has 0 aliphatic carbocycles. The van der Waals surface area contributed by atoms with E-state index in [2.05, 4.69) is 12.2 Å². The van der Waals surface area contributed by atoms with Crippen LogP contribution in [0.1, 0.15) is 32.6 Å². The monoisotopic (exact) mass is 289 g/mol. The van der Waals surface area contributed by atoms with Gasteiger partial charge in [0, 0.05) is 6.04 Å². The Labute approximate surface area is 101 Å². The zero-order valence-corrected chi connectivity index (χ0v) is 11.2. The van der Waals surface area contributed by atoms with Crippen molar-refractivity contribution >= 4 is 40.2 Å². The highest BCUT2D eigenvalue weighted by Crippen LogP contribution is 2.22. The molecule has 0 radical (unpaired) electrons. The third-order valence-corrected chi connectivity index (χ3v) is 3.79. The largest absolute Gasteiger partial charge is 0.312 e. The van der Waals surface area contributed by atoms with Gasteiger partial charge in [-0.05, 0) is 25.8 Å². The predicted molar refractivity (Wildman–Crippen MR) is 65.5 cm³/mol. The zero-order chi connectivity index (χ0) is 8.97. The summed E-state index contributed by atoms with van der Waals surface area (Å²) in [4.78, 5) is 0. The van der Waals surface area contributed by atoms with Crippen molar-refractivity contribution < 1.29 is 0 Å². The van der Waals surface area contributed by atoms with Gasteiger partial charge in [0.2, 0.25) is 0 Å². The molecule has 1 fully saturated rings. The summed E-state index contributed by atoms with van der Waals surface area (Å²) < 4.78 is 0. The van der Waals surface area contributed by atoms with Crippen molar-refractivity contribution in [3.05, 3.63) is 0 Å². The van der Waals surface area contributed by atoms with Gasteiger partial charge in [0.15, 0.2) is 0 Å². The molecule has 1 aliphatic rings. The minimum absolute atomic E-state index is 0. The van der Waals surface area contributed by atoms with Gasteiger partial charge in [-0.15, -0.1) is 40.2 Å². The van der Waals surface area contributed by atoms with Crippen LogP contribution in [0.2, 0.25) is 0 Å². The molecule has 0 bridgehead atoms. The van der Waals surface area contributed by atoms with Crippen LogP contribution in [-0.2, 0) is 0 Å². The summed E-state index contributed by atoms with van der Waals surface area (Å²) in [5.74, 6) is 0. The predicted octanol–water partition coefficient (Wildman–Crippen LogP) is 3.33. The molecule has 1 aliphatic heterocycles. The van der Waals surface area contributed by atoms with E-state index in [1.807, 2.05) is 0 Å². The normalized spacial score (nSPS) is 27.5. The Morgan fingerprint density at radius 2 is 2.08 bits per heavy atom. The van der Waals surface area contributed by atoms with Crippen molar-refractivity contribution in [3.63, 3.8) is 0 Å². The number of nitrogens with one attached hydrogen (secondary N) is 1. The van der Waals surface area contributed by atoms with Crippen LogP contribution in [0.15, 0.2) is 0 Å². The molecular formula is C9H18BrCl2N. The number of piperidine rings is 1. The van der Waals surface area contributed by atoms with Crippen molar-refractivity contribution in [2.75, 3.05) is 6.54 Å². The molecule has 3 unspecified atom stereocenters. The Hall–Kier alpha value is 1.02. The Kier molecular flexibility index (Phi) is 7.90. The van der Waals surface area contributed by atoms with Crippen molar-refractivity contribution in [2.45, 2.75) is 49.4 Å². The summed E-state index contributed by atoms with van der Waals surface area (Å²) in [5.41, 5.74) is 0. The minimum atomic E-state index is 0. The van der Waals surface area contributed by atoms with E-state index in [-0.39, 0.29) is 27.7 Å². The molecular weight excluding hydrogens is 273 g/mol. The van der Waals surface area contributed by atoms with Gasteiger partial charge >= 0.3 is 0 Å². The van der Waals surface area contributed by atoms with Gasteiger partial charge in [-0.2, -0.15) is 0 Å². The van der Waals surface area contributed by atoms with Crippen LogP contribution >= 0.6 is 40.2 Å². The maximum Gasteiger partial charge on any atom is 0.0652 e. The summed E-state index contributed by atoms with van der Waals surface area (Å²) in [6.45, 7) is 3.18. The maximum absolute atomic E-state index is 6.22. The van der Waals surface area contributed by atoms with Crippen molar-refractivity contribution in [2.24, 2.45) is 0 Å². The lowest BCUT2D eigenvalue weighted by molar-refractivity contribution is 0.381. The van der Waals surface area contributed by atoms with Gasteiger partial charge in [0.1, 0.15) is 0 Å². The van der Waals surface area contributed by atoms with Crippen LogP contribution in [0.4, 0.5) is 0 Å². The van der Waals surface area contributed by atoms with E-state index in [1.54, 1.807) is 0 Å². The quantitative estimate of drug-likeness (QED) is 0.786. The van der Waals surface area contributed by atoms with E-state index in [9.17, 15) is 0 Å². The highest BCUT2D eigenvalue weighted by Gasteiger charge is 2.26. The number of halogens is 3. The molecule has 13 heavy (non-hydrogen) atoms. The first kappa shape index (κ1) is 14.0. The molecule has 4 heteroatoms. The van der Waals surface area contributed by atoms with E-state index >= 15 is 0 Å². The molecule has 0 aromatic carbocycles. The minimum Gasteiger partial charge on any atom is -0.312 e. The third kappa shape index (κ3) is 4.37. The van der Waals surface area contributed by atoms with Crippen molar-refractivity contribution in [1.82, 2.24) is 5.32 Å². The smallest absolute Gasteiger partial charge is 0.0652 e. The summed E-state index contributed by atoms with van der Waals surface area (Å²) in [6, 6.07) is 0.433. The van der Waals surface area contributed by atoms with E-state index in [0.717, 1.165) is 13.0 Å². The Bertz CT molecular complexity index is 129. The molecule has 3 atom stereocenters. The van der Waals surface area contributed by atoms with Crippen LogP contribution in [0.5, 0.6) is 0 Å². The van der Waals surface area contributed by atoms with Crippen molar-refractivity contribution in [3.8, 4) is 0 Å². The second kappa shape index (κ2) is 7.33. The lowest BCUT2D eigenvalue weighted by Crippen LogP contribution is -2.44. The van der Waals surface area contributed by atoms with Gasteiger partial charge < -0.3 is 5.32 Å². The maximum atomic E-state index is 6.22. The second-order valence-corrected chi connectivity index (χ2v) is 4.49. The fourth-order valence-electron chi connectivity index (χ4n) is 1.63. The zero-order valence-electron chi connectivity index (χ0n) is 7.93. The van der Waals surface area contributed by atoms with Gasteiger partial charge in [-0.1, -0.05) is 13.3 Å². The van der Waals surface area contributed by atoms with Crippen LogP contribution < -0.4 is 5.32 Å². The molecule has 0 spiro atoms. The van der Waals surface area contributed by atoms with Crippen LogP contribution in [0.25, 0.3) is 0 Å². The SMILES string of the molecule is Br.CCC(Cl)C(Cl)C1CCCCN1. The summed E-state index contributed by atoms with van der Waals surface area (Å²) in [7, 11) is 0. The summed E-state index contributed by atoms with van der Waals surface area (Å²) >= 11 is 12.3. The van der Waals surface area contributed by atoms with E-state index < -0.39 is 0 Å². The molecule has 1 heterocycles. The number of alkyl halides is 2. The fourth-order valence-corrected chi connectivity index (χ4v) is 2.20. The molecule has 0 aromatic rings. The van der Waals surface area contributed by atoms with E-state index in [4.69, 9.17) is 23.2 Å². The average Bonchev–Trinajstić information content (AvgIpc) is 2.17. The average molecular weight is 291 g/mol. The molecule has 0 saturated carbocycles. The summed E-state index contributed by atoms with van der Waals surface area (Å²) in [5, 5.41) is 3.63. The Morgan fingerprint density at radius 3 is 2.54 bits per heavy atom. The Morgan fingerprint density at radius 1 is 1.38 bits per heavy atom. The van der Waals surface area contributed by atoms with Gasteiger partial charge in [0.05, 0.1) is 10.8 Å². The Balaban J connectivity index is 0.00000144. The molecule has 0 aromatic heterocycles. The standard InChI is InChI=1S/C9H17Cl2N.BrH/c1-2-7(10)9(11)8-5-3-4-6-12-8;/h7-9,12H,2-6H2,1H3;1H. The van der Waals surface area contributed by atoms with Gasteiger partial charge in [-0.25, -0.2) is 0 Å². The first-order valence-corrected chi connectivity index (χ1v) is 5.64. The lowest BCUT2D eigenvalue weighted by atomic mass is 9.99. The fraction of sp³-hybridized carbons (Fsp3) is 1.00. The lowest BCUT2D eigenvalue weighted by Gasteiger charge is -2.29.